The van der Waals surface area contributed by atoms with E-state index in [1.165, 1.54) is 0 Å². The van der Waals surface area contributed by atoms with Crippen molar-refractivity contribution in [3.05, 3.63) is 11.6 Å². The molecule has 0 rings (SSSR count). The molecular weight excluding hydrogens is 724 g/mol. The van der Waals surface area contributed by atoms with E-state index in [0.717, 1.165) is 6.92 Å². The number of carbonyl (C=O) groups is 1. The molecular formula is C19H13F22NO2S. The van der Waals surface area contributed by atoms with E-state index in [1.54, 1.807) is 0 Å². The molecule has 26 heteroatoms. The Labute approximate surface area is 239 Å². The van der Waals surface area contributed by atoms with Crippen molar-refractivity contribution in [1.29, 1.82) is 0 Å². The van der Waals surface area contributed by atoms with Crippen LogP contribution in [0.1, 0.15) is 19.8 Å². The number of halogens is 22. The molecule has 0 aromatic carbocycles. The summed E-state index contributed by atoms with van der Waals surface area (Å²) in [5.74, 6) is -80.5. The summed E-state index contributed by atoms with van der Waals surface area (Å²) in [6.07, 6.45) is -15.9. The topological polar surface area (TPSA) is 63.3 Å². The van der Waals surface area contributed by atoms with Crippen LogP contribution in [0.25, 0.3) is 0 Å². The van der Waals surface area contributed by atoms with Gasteiger partial charge in [-0.3, -0.25) is 0 Å². The van der Waals surface area contributed by atoms with Crippen LogP contribution in [-0.4, -0.2) is 87.6 Å². The lowest BCUT2D eigenvalue weighted by atomic mass is 9.85. The van der Waals surface area contributed by atoms with Gasteiger partial charge in [-0.1, -0.05) is 18.3 Å². The molecule has 0 radical (unpaired) electrons. The molecule has 2 atom stereocenters. The highest BCUT2D eigenvalue weighted by atomic mass is 32.1. The summed E-state index contributed by atoms with van der Waals surface area (Å²) >= 11 is 4.11. The molecule has 0 saturated carbocycles. The van der Waals surface area contributed by atoms with Gasteiger partial charge in [-0.15, -0.1) is 0 Å². The molecule has 3 nitrogen and oxygen atoms in total. The highest BCUT2D eigenvalue weighted by molar-refractivity contribution is 7.80. The lowest BCUT2D eigenvalue weighted by Crippen LogP contribution is -2.76. The first kappa shape index (κ1) is 42.7. The number of hydrogen-bond donors (Lipinski definition) is 2. The number of carboxylic acids is 1. The number of aliphatic carboxylic acids is 1. The van der Waals surface area contributed by atoms with Gasteiger partial charge >= 0.3 is 65.4 Å². The highest BCUT2D eigenvalue weighted by Gasteiger charge is 2.97. The SMILES string of the molecule is CC(=CCC(N)C(=S)C(F)CC(F)(F)C(F)(F)C(F)(F)C(F)(F)C(F)(F)C(F)(F)C(F)(F)C(F)(F)C(F)(F)C(F)(F)F)C(=O)O. The van der Waals surface area contributed by atoms with Crippen LogP contribution in [0.3, 0.4) is 0 Å². The Bertz CT molecular complexity index is 1140. The van der Waals surface area contributed by atoms with Crippen LogP contribution in [0, 0.1) is 0 Å². The van der Waals surface area contributed by atoms with Crippen LogP contribution in [0.15, 0.2) is 11.6 Å². The second kappa shape index (κ2) is 12.1. The summed E-state index contributed by atoms with van der Waals surface area (Å²) in [6.45, 7) is 0.847. The summed E-state index contributed by atoms with van der Waals surface area (Å²) in [6, 6.07) is -2.14. The molecule has 266 valence electrons. The standard InChI is InChI=1S/C19H13F22NO2S/c1-5(9(43)44)2-3-7(42)8(45)6(20)4-10(21,22)11(23,24)12(25,26)13(27,28)14(29,30)15(31,32)16(33,34)17(35,36)18(37,38)19(39,40)41/h2,6-7H,3-4,42H2,1H3,(H,43,44). The van der Waals surface area contributed by atoms with E-state index in [1.807, 2.05) is 0 Å². The van der Waals surface area contributed by atoms with Gasteiger partial charge < -0.3 is 10.8 Å². The Kier molecular flexibility index (Phi) is 11.5. The van der Waals surface area contributed by atoms with Gasteiger partial charge in [0.05, 0.1) is 6.42 Å². The van der Waals surface area contributed by atoms with Crippen molar-refractivity contribution in [2.24, 2.45) is 5.73 Å². The minimum Gasteiger partial charge on any atom is -0.478 e. The van der Waals surface area contributed by atoms with Crippen LogP contribution in [-0.2, 0) is 4.79 Å². The molecule has 0 saturated heterocycles. The molecule has 45 heavy (non-hydrogen) atoms. The number of carboxylic acid groups (broad SMARTS) is 1. The van der Waals surface area contributed by atoms with Crippen molar-refractivity contribution >= 4 is 23.1 Å². The molecule has 2 unspecified atom stereocenters. The molecule has 0 aliphatic rings. The summed E-state index contributed by atoms with van der Waals surface area (Å²) in [7, 11) is 0. The smallest absolute Gasteiger partial charge is 0.460 e. The maximum Gasteiger partial charge on any atom is 0.460 e. The number of thiocarbonyl (C=S) groups is 1. The minimum absolute atomic E-state index is 0.592. The van der Waals surface area contributed by atoms with Crippen LogP contribution < -0.4 is 5.73 Å². The monoisotopic (exact) mass is 737 g/mol. The fraction of sp³-hybridized carbons (Fsp3) is 0.789. The highest BCUT2D eigenvalue weighted by Crippen LogP contribution is 2.66. The van der Waals surface area contributed by atoms with Gasteiger partial charge in [0.25, 0.3) is 0 Å². The van der Waals surface area contributed by atoms with Gasteiger partial charge in [0.1, 0.15) is 6.17 Å². The summed E-state index contributed by atoms with van der Waals surface area (Å²) in [5.41, 5.74) is 4.54. The van der Waals surface area contributed by atoms with Crippen molar-refractivity contribution in [3.63, 3.8) is 0 Å². The van der Waals surface area contributed by atoms with Gasteiger partial charge in [-0.2, -0.15) is 92.2 Å². The van der Waals surface area contributed by atoms with Crippen molar-refractivity contribution in [1.82, 2.24) is 0 Å². The zero-order chi connectivity index (χ0) is 37.0. The average molecular weight is 737 g/mol. The maximum absolute atomic E-state index is 14.1. The second-order valence-electron chi connectivity index (χ2n) is 8.91. The average Bonchev–Trinajstić information content (AvgIpc) is 2.84. The van der Waals surface area contributed by atoms with Crippen molar-refractivity contribution in [3.8, 4) is 0 Å². The Hall–Kier alpha value is -2.28. The zero-order valence-electron chi connectivity index (χ0n) is 20.8. The van der Waals surface area contributed by atoms with Gasteiger partial charge in [0.15, 0.2) is 0 Å². The van der Waals surface area contributed by atoms with E-state index < -0.39 is 101 Å². The van der Waals surface area contributed by atoms with Gasteiger partial charge in [0.2, 0.25) is 0 Å². The lowest BCUT2D eigenvalue weighted by Gasteiger charge is -2.44. The first-order valence-electron chi connectivity index (χ1n) is 10.6. The van der Waals surface area contributed by atoms with E-state index in [2.05, 4.69) is 12.2 Å². The number of hydrogen-bond acceptors (Lipinski definition) is 3. The van der Waals surface area contributed by atoms with Crippen LogP contribution in [0.4, 0.5) is 96.6 Å². The number of nitrogens with two attached hydrogens (primary N) is 1. The Balaban J connectivity index is 6.77. The third-order valence-corrected chi connectivity index (χ3v) is 6.26. The third-order valence-electron chi connectivity index (χ3n) is 5.70. The van der Waals surface area contributed by atoms with Crippen molar-refractivity contribution in [2.45, 2.75) is 91.5 Å². The van der Waals surface area contributed by atoms with Crippen molar-refractivity contribution in [2.75, 3.05) is 0 Å². The van der Waals surface area contributed by atoms with Crippen LogP contribution in [0.2, 0.25) is 0 Å². The molecule has 0 aromatic heterocycles. The fourth-order valence-corrected chi connectivity index (χ4v) is 2.96. The molecule has 0 aromatic rings. The molecule has 3 N–H and O–H groups in total. The van der Waals surface area contributed by atoms with Crippen molar-refractivity contribution < 1.29 is 106 Å². The molecule has 0 aliphatic carbocycles. The summed E-state index contributed by atoms with van der Waals surface area (Å²) < 4.78 is 295. The fourth-order valence-electron chi connectivity index (χ4n) is 2.78. The van der Waals surface area contributed by atoms with Gasteiger partial charge in [-0.25, -0.2) is 9.18 Å². The molecule has 0 heterocycles. The number of rotatable bonds is 15. The van der Waals surface area contributed by atoms with Crippen LogP contribution in [0.5, 0.6) is 0 Å². The normalized spacial score (nSPS) is 17.3. The van der Waals surface area contributed by atoms with E-state index in [9.17, 15) is 101 Å². The second-order valence-corrected chi connectivity index (χ2v) is 9.38. The zero-order valence-corrected chi connectivity index (χ0v) is 21.6. The minimum atomic E-state index is -9.31. The molecule has 0 fully saturated rings. The van der Waals surface area contributed by atoms with E-state index in [0.29, 0.717) is 6.08 Å². The number of alkyl halides is 22. The maximum atomic E-state index is 14.1. The van der Waals surface area contributed by atoms with Crippen LogP contribution >= 0.6 is 12.2 Å². The first-order chi connectivity index (χ1) is 19.3. The predicted octanol–water partition coefficient (Wildman–Crippen LogP) is 8.11. The summed E-state index contributed by atoms with van der Waals surface area (Å²) in [4.78, 5) is 8.93. The molecule has 0 bridgehead atoms. The molecule has 0 amide bonds. The van der Waals surface area contributed by atoms with Gasteiger partial charge in [0, 0.05) is 16.5 Å². The van der Waals surface area contributed by atoms with E-state index in [-0.39, 0.29) is 0 Å². The predicted molar refractivity (Wildman–Crippen MR) is 107 cm³/mol. The molecule has 0 spiro atoms. The van der Waals surface area contributed by atoms with E-state index in [4.69, 9.17) is 10.8 Å². The Morgan fingerprint density at radius 1 is 0.644 bits per heavy atom. The Morgan fingerprint density at radius 3 is 1.22 bits per heavy atom. The lowest BCUT2D eigenvalue weighted by molar-refractivity contribution is -0.474. The Morgan fingerprint density at radius 2 is 0.933 bits per heavy atom. The largest absolute Gasteiger partial charge is 0.478 e. The third kappa shape index (κ3) is 6.49. The van der Waals surface area contributed by atoms with E-state index >= 15 is 0 Å². The quantitative estimate of drug-likeness (QED) is 0.101. The molecule has 0 aliphatic heterocycles. The van der Waals surface area contributed by atoms with Gasteiger partial charge in [-0.05, 0) is 13.3 Å². The summed E-state index contributed by atoms with van der Waals surface area (Å²) in [5, 5.41) is 8.60. The first-order valence-corrected chi connectivity index (χ1v) is 11.0.